The smallest absolute Gasteiger partial charge is 0.159 e. The molecule has 12 rings (SSSR count). The van der Waals surface area contributed by atoms with Gasteiger partial charge in [-0.3, -0.25) is 0 Å². The number of nitrogens with zero attached hydrogens (tertiary/aromatic N) is 2. The van der Waals surface area contributed by atoms with E-state index in [1.807, 2.05) is 0 Å². The van der Waals surface area contributed by atoms with E-state index in [4.69, 9.17) is 4.42 Å². The molecule has 0 bridgehead atoms. The molecule has 9 aromatic carbocycles. The first-order valence-electron chi connectivity index (χ1n) is 20.7. The van der Waals surface area contributed by atoms with E-state index in [9.17, 15) is 0 Å². The molecule has 59 heavy (non-hydrogen) atoms. The first kappa shape index (κ1) is 34.0. The van der Waals surface area contributed by atoms with Gasteiger partial charge in [-0.05, 0) is 153 Å². The van der Waals surface area contributed by atoms with E-state index in [2.05, 4.69) is 208 Å². The van der Waals surface area contributed by atoms with Crippen LogP contribution in [0.4, 0.5) is 17.1 Å². The third-order valence-corrected chi connectivity index (χ3v) is 12.9. The Labute approximate surface area is 343 Å². The van der Waals surface area contributed by atoms with Crippen LogP contribution in [0.5, 0.6) is 0 Å². The molecule has 0 amide bonds. The molecule has 0 aliphatic heterocycles. The number of benzene rings is 9. The minimum Gasteiger partial charge on any atom is -0.454 e. The molecule has 11 aromatic rings. The first-order chi connectivity index (χ1) is 28.7. The van der Waals surface area contributed by atoms with E-state index in [1.54, 1.807) is 0 Å². The van der Waals surface area contributed by atoms with Crippen LogP contribution in [0.25, 0.3) is 93.2 Å². The van der Waals surface area contributed by atoms with Gasteiger partial charge < -0.3 is 13.9 Å². The molecule has 2 heterocycles. The zero-order valence-corrected chi connectivity index (χ0v) is 33.9. The largest absolute Gasteiger partial charge is 0.454 e. The summed E-state index contributed by atoms with van der Waals surface area (Å²) in [6.45, 7) is 11.3. The fraction of sp³-hybridized carbons (Fsp3) is 0.107. The number of furan rings is 1. The highest BCUT2D eigenvalue weighted by atomic mass is 16.3. The number of anilines is 3. The summed E-state index contributed by atoms with van der Waals surface area (Å²) in [7, 11) is 0. The summed E-state index contributed by atoms with van der Waals surface area (Å²) in [6, 6.07) is 60.7. The van der Waals surface area contributed by atoms with E-state index < -0.39 is 0 Å². The number of hydrogen-bond donors (Lipinski definition) is 0. The standard InChI is InChI=1S/C56H42N2O/c1-33-18-22-39(56(3,4)5)32-52(33)58(54-34(2)19-25-45-44-14-8-11-17-53(44)59-55(45)54)41-24-21-36-29-47-48-30-37-26-40(23-20-35(37)28-46(48)49(47)31-38(36)27-41)57-50-15-9-6-12-42(50)43-13-7-10-16-51(43)57/h6-32H,1-5H3. The van der Waals surface area contributed by atoms with Gasteiger partial charge in [-0.25, -0.2) is 0 Å². The molecule has 0 radical (unpaired) electrons. The van der Waals surface area contributed by atoms with E-state index in [-0.39, 0.29) is 5.41 Å². The monoisotopic (exact) mass is 758 g/mol. The second kappa shape index (κ2) is 12.2. The molecular weight excluding hydrogens is 717 g/mol. The molecule has 0 saturated heterocycles. The van der Waals surface area contributed by atoms with Crippen LogP contribution in [-0.2, 0) is 5.41 Å². The van der Waals surface area contributed by atoms with Crippen molar-refractivity contribution in [2.24, 2.45) is 0 Å². The van der Waals surface area contributed by atoms with Gasteiger partial charge in [-0.2, -0.15) is 0 Å². The summed E-state index contributed by atoms with van der Waals surface area (Å²) in [6.07, 6.45) is 0. The molecule has 3 heteroatoms. The molecule has 1 aliphatic carbocycles. The Morgan fingerprint density at radius 2 is 1.05 bits per heavy atom. The highest BCUT2D eigenvalue weighted by Gasteiger charge is 2.27. The van der Waals surface area contributed by atoms with E-state index in [0.717, 1.165) is 44.6 Å². The summed E-state index contributed by atoms with van der Waals surface area (Å²) in [5.41, 5.74) is 17.7. The number of fused-ring (bicyclic) bond motifs is 12. The third kappa shape index (κ3) is 5.01. The van der Waals surface area contributed by atoms with Crippen LogP contribution in [0, 0.1) is 13.8 Å². The predicted octanol–water partition coefficient (Wildman–Crippen LogP) is 16.0. The maximum absolute atomic E-state index is 6.75. The summed E-state index contributed by atoms with van der Waals surface area (Å²) >= 11 is 0. The van der Waals surface area contributed by atoms with Gasteiger partial charge in [0.25, 0.3) is 0 Å². The lowest BCUT2D eigenvalue weighted by molar-refractivity contribution is 0.590. The molecule has 0 saturated carbocycles. The van der Waals surface area contributed by atoms with Crippen molar-refractivity contribution in [3.8, 4) is 27.9 Å². The lowest BCUT2D eigenvalue weighted by Crippen LogP contribution is -2.16. The zero-order valence-electron chi connectivity index (χ0n) is 33.9. The predicted molar refractivity (Wildman–Crippen MR) is 250 cm³/mol. The van der Waals surface area contributed by atoms with E-state index in [1.165, 1.54) is 82.4 Å². The fourth-order valence-corrected chi connectivity index (χ4v) is 9.73. The topological polar surface area (TPSA) is 21.3 Å². The van der Waals surface area contributed by atoms with Crippen LogP contribution < -0.4 is 4.90 Å². The normalized spacial score (nSPS) is 12.5. The van der Waals surface area contributed by atoms with Gasteiger partial charge in [0.15, 0.2) is 5.58 Å². The average Bonchev–Trinajstić information content (AvgIpc) is 3.79. The number of hydrogen-bond acceptors (Lipinski definition) is 2. The highest BCUT2D eigenvalue weighted by Crippen LogP contribution is 2.52. The quantitative estimate of drug-likeness (QED) is 0.178. The van der Waals surface area contributed by atoms with Gasteiger partial charge in [0.1, 0.15) is 5.58 Å². The summed E-state index contributed by atoms with van der Waals surface area (Å²) in [4.78, 5) is 2.44. The Bertz CT molecular complexity index is 3520. The van der Waals surface area contributed by atoms with Gasteiger partial charge in [0, 0.05) is 38.6 Å². The Morgan fingerprint density at radius 3 is 1.73 bits per heavy atom. The highest BCUT2D eigenvalue weighted by molar-refractivity contribution is 6.14. The van der Waals surface area contributed by atoms with Crippen molar-refractivity contribution in [1.29, 1.82) is 0 Å². The molecule has 0 spiro atoms. The lowest BCUT2D eigenvalue weighted by Gasteiger charge is -2.31. The summed E-state index contributed by atoms with van der Waals surface area (Å²) in [5.74, 6) is 0. The minimum absolute atomic E-state index is 0.00954. The average molecular weight is 759 g/mol. The van der Waals surface area contributed by atoms with Gasteiger partial charge in [-0.1, -0.05) is 112 Å². The van der Waals surface area contributed by atoms with Crippen LogP contribution in [0.1, 0.15) is 37.5 Å². The molecular formula is C56H42N2O. The summed E-state index contributed by atoms with van der Waals surface area (Å²) < 4.78 is 9.16. The molecule has 0 N–H and O–H groups in total. The van der Waals surface area contributed by atoms with Gasteiger partial charge in [0.2, 0.25) is 0 Å². The number of rotatable bonds is 4. The lowest BCUT2D eigenvalue weighted by atomic mass is 9.78. The number of aromatic nitrogens is 1. The first-order valence-corrected chi connectivity index (χ1v) is 20.7. The molecule has 0 atom stereocenters. The SMILES string of the molecule is Cc1ccc(C(C)(C)C)cc1N(c1ccc2cc3c(cc2c1)-c1cc2ccc(-n4c5ccccc5c5ccccc54)cc2cc1-3)c1c(C)ccc2c1oc1ccccc12. The maximum Gasteiger partial charge on any atom is 0.159 e. The zero-order chi connectivity index (χ0) is 39.7. The Kier molecular flexibility index (Phi) is 7.03. The van der Waals surface area contributed by atoms with Crippen molar-refractivity contribution < 1.29 is 4.42 Å². The second-order valence-electron chi connectivity index (χ2n) is 17.5. The van der Waals surface area contributed by atoms with Crippen molar-refractivity contribution in [2.45, 2.75) is 40.0 Å². The van der Waals surface area contributed by atoms with Crippen LogP contribution in [0.15, 0.2) is 168 Å². The van der Waals surface area contributed by atoms with Crippen LogP contribution in [0.2, 0.25) is 0 Å². The molecule has 0 fully saturated rings. The van der Waals surface area contributed by atoms with Crippen molar-refractivity contribution in [1.82, 2.24) is 4.57 Å². The van der Waals surface area contributed by atoms with Crippen LogP contribution >= 0.6 is 0 Å². The third-order valence-electron chi connectivity index (χ3n) is 12.9. The molecule has 282 valence electrons. The van der Waals surface area contributed by atoms with Gasteiger partial charge >= 0.3 is 0 Å². The van der Waals surface area contributed by atoms with Crippen LogP contribution in [0.3, 0.4) is 0 Å². The van der Waals surface area contributed by atoms with Crippen LogP contribution in [-0.4, -0.2) is 4.57 Å². The Morgan fingerprint density at radius 1 is 0.475 bits per heavy atom. The molecule has 1 aliphatic rings. The van der Waals surface area contributed by atoms with Crippen molar-refractivity contribution in [3.63, 3.8) is 0 Å². The molecule has 0 unspecified atom stereocenters. The number of para-hydroxylation sites is 3. The van der Waals surface area contributed by atoms with Gasteiger partial charge in [0.05, 0.1) is 16.7 Å². The summed E-state index contributed by atoms with van der Waals surface area (Å²) in [5, 5.41) is 9.78. The van der Waals surface area contributed by atoms with Crippen molar-refractivity contribution in [3.05, 3.63) is 180 Å². The molecule has 2 aromatic heterocycles. The van der Waals surface area contributed by atoms with Crippen molar-refractivity contribution in [2.75, 3.05) is 4.90 Å². The maximum atomic E-state index is 6.75. The van der Waals surface area contributed by atoms with Crippen molar-refractivity contribution >= 4 is 82.4 Å². The Hall–Kier alpha value is -7.10. The fourth-order valence-electron chi connectivity index (χ4n) is 9.73. The van der Waals surface area contributed by atoms with E-state index >= 15 is 0 Å². The number of aryl methyl sites for hydroxylation is 2. The second-order valence-corrected chi connectivity index (χ2v) is 17.5. The van der Waals surface area contributed by atoms with Gasteiger partial charge in [-0.15, -0.1) is 0 Å². The minimum atomic E-state index is -0.00954. The van der Waals surface area contributed by atoms with E-state index in [0.29, 0.717) is 0 Å². The Balaban J connectivity index is 1.00. The molecule has 3 nitrogen and oxygen atoms in total.